The van der Waals surface area contributed by atoms with E-state index in [4.69, 9.17) is 22.9 Å². The molecule has 7 atom stereocenters. The van der Waals surface area contributed by atoms with E-state index in [1.807, 2.05) is 0 Å². The average Bonchev–Trinajstić information content (AvgIpc) is 3.37. The molecule has 0 aliphatic carbocycles. The number of carbonyl (C=O) groups is 8. The van der Waals surface area contributed by atoms with Gasteiger partial charge in [-0.25, -0.2) is 0 Å². The molecule has 4 rings (SSSR count). The zero-order valence-electron chi connectivity index (χ0n) is 41.2. The SMILES string of the molecule is NCCCC[C@@H]1NC(=O)CNC(=O)[C@H](Cc2ccccc2)NC(=O)[C@H](Cc2ccc(O)cc2)NC(=O)[C@H](Cc2ccc(O)cc2)NC(=O)[C@H](CS)NC(=O)[C@H](CCCCN)NC(=O)[C@H](CCCN=C(N)N)NC1=O. The molecule has 3 aromatic carbocycles. The maximum Gasteiger partial charge on any atom is 0.244 e. The van der Waals surface area contributed by atoms with Crippen LogP contribution < -0.4 is 65.5 Å². The fourth-order valence-corrected chi connectivity index (χ4v) is 8.13. The first kappa shape index (κ1) is 59.1. The van der Waals surface area contributed by atoms with Crippen molar-refractivity contribution in [2.75, 3.05) is 31.9 Å². The Hall–Kier alpha value is -7.44. The number of thiol groups is 1. The van der Waals surface area contributed by atoms with Gasteiger partial charge in [-0.1, -0.05) is 54.6 Å². The number of nitrogens with one attached hydrogen (secondary N) is 8. The number of nitrogens with two attached hydrogens (primary N) is 4. The van der Waals surface area contributed by atoms with Crippen LogP contribution in [0.5, 0.6) is 11.5 Å². The van der Waals surface area contributed by atoms with Crippen LogP contribution in [0.15, 0.2) is 83.9 Å². The summed E-state index contributed by atoms with van der Waals surface area (Å²) in [7, 11) is 0. The van der Waals surface area contributed by atoms with Crippen molar-refractivity contribution in [1.29, 1.82) is 0 Å². The molecule has 74 heavy (non-hydrogen) atoms. The number of unbranched alkanes of at least 4 members (excludes halogenated alkanes) is 2. The standard InChI is InChI=1S/C50H71N13O10S/c51-22-6-4-11-35-44(68)59-37(13-8-24-55-50(53)54)45(69)58-36(12-5-7-23-52)46(70)63-41(29-74)49(73)62-40(27-32-16-20-34(65)21-17-32)48(72)61-39(26-31-14-18-33(64)19-15-31)47(71)60-38(25-30-9-2-1-3-10-30)43(67)56-28-42(66)57-35/h1-3,9-10,14-21,35-41,64-65,74H,4-8,11-13,22-29,51-52H2,(H,56,67)(H,57,66)(H,58,69)(H,59,68)(H,60,71)(H,61,72)(H,62,73)(H,63,70)(H4,53,54,55)/t35-,36-,37-,38-,39-,40-,41-/m0/s1. The third kappa shape index (κ3) is 20.6. The Balaban J connectivity index is 1.81. The molecule has 3 aromatic rings. The molecule has 0 aromatic heterocycles. The molecule has 0 unspecified atom stereocenters. The predicted molar refractivity (Wildman–Crippen MR) is 280 cm³/mol. The summed E-state index contributed by atoms with van der Waals surface area (Å²) in [5.41, 5.74) is 24.2. The molecule has 24 heteroatoms. The fraction of sp³-hybridized carbons (Fsp3) is 0.460. The number of amides is 8. The number of nitrogens with zero attached hydrogens (tertiary/aromatic N) is 1. The van der Waals surface area contributed by atoms with Crippen LogP contribution in [0.4, 0.5) is 0 Å². The van der Waals surface area contributed by atoms with Crippen LogP contribution in [-0.2, 0) is 57.6 Å². The summed E-state index contributed by atoms with van der Waals surface area (Å²) < 4.78 is 0. The van der Waals surface area contributed by atoms with E-state index in [0.29, 0.717) is 42.4 Å². The summed E-state index contributed by atoms with van der Waals surface area (Å²) >= 11 is 4.35. The zero-order valence-corrected chi connectivity index (χ0v) is 42.1. The molecule has 1 heterocycles. The van der Waals surface area contributed by atoms with Crippen LogP contribution >= 0.6 is 12.6 Å². The molecular weight excluding hydrogens is 975 g/mol. The maximum absolute atomic E-state index is 14.6. The second-order valence-corrected chi connectivity index (χ2v) is 18.2. The lowest BCUT2D eigenvalue weighted by Crippen LogP contribution is -2.61. The summed E-state index contributed by atoms with van der Waals surface area (Å²) in [5.74, 6) is -7.07. The highest BCUT2D eigenvalue weighted by molar-refractivity contribution is 7.80. The Labute approximate surface area is 435 Å². The molecular formula is C50H71N13O10S. The lowest BCUT2D eigenvalue weighted by Gasteiger charge is -2.28. The number of aliphatic imine (C=N–C) groups is 1. The van der Waals surface area contributed by atoms with E-state index in [9.17, 15) is 48.6 Å². The molecule has 1 saturated heterocycles. The van der Waals surface area contributed by atoms with Crippen molar-refractivity contribution in [3.8, 4) is 11.5 Å². The van der Waals surface area contributed by atoms with Crippen LogP contribution in [0.2, 0.25) is 0 Å². The second kappa shape index (κ2) is 31.2. The first-order valence-corrected chi connectivity index (χ1v) is 25.2. The highest BCUT2D eigenvalue weighted by Gasteiger charge is 2.35. The highest BCUT2D eigenvalue weighted by atomic mass is 32.1. The third-order valence-electron chi connectivity index (χ3n) is 11.9. The van der Waals surface area contributed by atoms with Crippen molar-refractivity contribution < 1.29 is 48.6 Å². The maximum atomic E-state index is 14.6. The Bertz CT molecular complexity index is 2360. The number of hydrogen-bond acceptors (Lipinski definition) is 14. The lowest BCUT2D eigenvalue weighted by molar-refractivity contribution is -0.136. The molecule has 18 N–H and O–H groups in total. The van der Waals surface area contributed by atoms with Gasteiger partial charge in [-0.05, 0) is 105 Å². The molecule has 23 nitrogen and oxygen atoms in total. The summed E-state index contributed by atoms with van der Waals surface area (Å²) in [6.07, 6.45) is 1.58. The van der Waals surface area contributed by atoms with Crippen LogP contribution in [0.25, 0.3) is 0 Å². The molecule has 8 amide bonds. The van der Waals surface area contributed by atoms with E-state index < -0.39 is 96.1 Å². The van der Waals surface area contributed by atoms with Gasteiger partial charge in [0.05, 0.1) is 6.54 Å². The number of rotatable bonds is 19. The summed E-state index contributed by atoms with van der Waals surface area (Å²) in [5, 5.41) is 41.4. The van der Waals surface area contributed by atoms with Crippen molar-refractivity contribution in [1.82, 2.24) is 42.5 Å². The van der Waals surface area contributed by atoms with Gasteiger partial charge in [0.15, 0.2) is 5.96 Å². The molecule has 1 aliphatic heterocycles. The van der Waals surface area contributed by atoms with Crippen molar-refractivity contribution >= 4 is 65.8 Å². The number of benzene rings is 3. The topological polar surface area (TPSA) is 390 Å². The number of carbonyl (C=O) groups excluding carboxylic acids is 8. The lowest BCUT2D eigenvalue weighted by atomic mass is 10.0. The van der Waals surface area contributed by atoms with E-state index in [2.05, 4.69) is 60.2 Å². The van der Waals surface area contributed by atoms with Crippen molar-refractivity contribution in [2.45, 2.75) is 113 Å². The van der Waals surface area contributed by atoms with Crippen LogP contribution in [-0.4, -0.2) is 138 Å². The Morgan fingerprint density at radius 2 is 0.838 bits per heavy atom. The number of phenolic OH excluding ortho intramolecular Hbond substituents is 2. The molecule has 0 radical (unpaired) electrons. The van der Waals surface area contributed by atoms with Crippen LogP contribution in [0.1, 0.15) is 68.1 Å². The largest absolute Gasteiger partial charge is 0.508 e. The quantitative estimate of drug-likeness (QED) is 0.0265. The van der Waals surface area contributed by atoms with Crippen molar-refractivity contribution in [2.24, 2.45) is 27.9 Å². The molecule has 1 aliphatic rings. The van der Waals surface area contributed by atoms with E-state index >= 15 is 0 Å². The average molecular weight is 1050 g/mol. The van der Waals surface area contributed by atoms with Gasteiger partial charge in [0.25, 0.3) is 0 Å². The molecule has 0 saturated carbocycles. The third-order valence-corrected chi connectivity index (χ3v) is 12.3. The first-order chi connectivity index (χ1) is 35.5. The van der Waals surface area contributed by atoms with Gasteiger partial charge in [-0.15, -0.1) is 0 Å². The summed E-state index contributed by atoms with van der Waals surface area (Å²) in [6, 6.07) is 11.0. The second-order valence-electron chi connectivity index (χ2n) is 17.8. The molecule has 1 fully saturated rings. The Morgan fingerprint density at radius 3 is 1.27 bits per heavy atom. The monoisotopic (exact) mass is 1050 g/mol. The predicted octanol–water partition coefficient (Wildman–Crippen LogP) is -2.11. The molecule has 0 spiro atoms. The van der Waals surface area contributed by atoms with Gasteiger partial charge in [0.1, 0.15) is 53.8 Å². The van der Waals surface area contributed by atoms with Gasteiger partial charge in [-0.3, -0.25) is 43.3 Å². The number of guanidine groups is 1. The van der Waals surface area contributed by atoms with Gasteiger partial charge in [0.2, 0.25) is 47.3 Å². The minimum atomic E-state index is -1.43. The first-order valence-electron chi connectivity index (χ1n) is 24.6. The van der Waals surface area contributed by atoms with Gasteiger partial charge in [0, 0.05) is 31.6 Å². The summed E-state index contributed by atoms with van der Waals surface area (Å²) in [4.78, 5) is 118. The smallest absolute Gasteiger partial charge is 0.244 e. The Kier molecular flexibility index (Phi) is 24.9. The Morgan fingerprint density at radius 1 is 0.473 bits per heavy atom. The van der Waals surface area contributed by atoms with Gasteiger partial charge in [-0.2, -0.15) is 12.6 Å². The van der Waals surface area contributed by atoms with Crippen molar-refractivity contribution in [3.63, 3.8) is 0 Å². The molecule has 0 bridgehead atoms. The van der Waals surface area contributed by atoms with E-state index in [0.717, 1.165) is 0 Å². The van der Waals surface area contributed by atoms with E-state index in [1.165, 1.54) is 48.5 Å². The van der Waals surface area contributed by atoms with Crippen LogP contribution in [0.3, 0.4) is 0 Å². The number of phenols is 2. The van der Waals surface area contributed by atoms with Crippen molar-refractivity contribution in [3.05, 3.63) is 95.6 Å². The van der Waals surface area contributed by atoms with Crippen LogP contribution in [0, 0.1) is 0 Å². The highest BCUT2D eigenvalue weighted by Crippen LogP contribution is 2.16. The number of aromatic hydroxyl groups is 2. The minimum Gasteiger partial charge on any atom is -0.508 e. The van der Waals surface area contributed by atoms with E-state index in [-0.39, 0.29) is 87.8 Å². The fourth-order valence-electron chi connectivity index (χ4n) is 7.87. The summed E-state index contributed by atoms with van der Waals surface area (Å²) in [6.45, 7) is -0.0210. The van der Waals surface area contributed by atoms with Gasteiger partial charge < -0.3 is 75.7 Å². The number of hydrogen-bond donors (Lipinski definition) is 15. The minimum absolute atomic E-state index is 0.0263. The normalized spacial score (nSPS) is 22.0. The van der Waals surface area contributed by atoms with Gasteiger partial charge >= 0.3 is 0 Å². The van der Waals surface area contributed by atoms with E-state index in [1.54, 1.807) is 30.3 Å². The molecule has 402 valence electrons. The zero-order chi connectivity index (χ0) is 54.0.